The van der Waals surface area contributed by atoms with Crippen molar-refractivity contribution in [3.63, 3.8) is 0 Å². The van der Waals surface area contributed by atoms with E-state index in [1.165, 1.54) is 173 Å². The third-order valence-corrected chi connectivity index (χ3v) is 9.61. The van der Waals surface area contributed by atoms with Crippen LogP contribution in [-0.4, -0.2) is 44.2 Å². The topological polar surface area (TPSA) is 41.3 Å². The van der Waals surface area contributed by atoms with E-state index >= 15 is 0 Å². The largest absolute Gasteiger partial charge is 0.327 e. The summed E-state index contributed by atoms with van der Waals surface area (Å²) in [6.07, 6.45) is 57.0. The summed E-state index contributed by atoms with van der Waals surface area (Å²) in [7, 11) is 4.32. The van der Waals surface area contributed by atoms with Crippen LogP contribution in [-0.2, 0) is 0 Å². The van der Waals surface area contributed by atoms with Crippen LogP contribution in [0, 0.1) is 0 Å². The molecule has 0 radical (unpaired) electrons. The number of nitrogens with one attached hydrogen (secondary N) is 1. The molecule has 0 saturated heterocycles. The number of nitrogens with zero attached hydrogens (tertiary/aromatic N) is 1. The lowest BCUT2D eigenvalue weighted by molar-refractivity contribution is 0.372. The monoisotopic (exact) mass is 670 g/mol. The highest BCUT2D eigenvalue weighted by Gasteiger charge is 2.11. The third-order valence-electron chi connectivity index (χ3n) is 9.61. The number of allylic oxidation sites excluding steroid dienone is 8. The maximum Gasteiger partial charge on any atom is 0.0165 e. The van der Waals surface area contributed by atoms with Gasteiger partial charge in [0.15, 0.2) is 0 Å². The molecule has 0 aliphatic rings. The van der Waals surface area contributed by atoms with Crippen molar-refractivity contribution >= 4 is 0 Å². The smallest absolute Gasteiger partial charge is 0.0165 e. The predicted molar refractivity (Wildman–Crippen MR) is 220 cm³/mol. The molecule has 1 atom stereocenters. The number of hydrogen-bond donors (Lipinski definition) is 2. The van der Waals surface area contributed by atoms with Crippen molar-refractivity contribution in [2.75, 3.05) is 27.2 Å². The fourth-order valence-electron chi connectivity index (χ4n) is 6.36. The molecule has 0 amide bonds. The molecule has 3 heteroatoms. The minimum absolute atomic E-state index is 0.293. The van der Waals surface area contributed by atoms with Crippen LogP contribution in [0.5, 0.6) is 0 Å². The summed E-state index contributed by atoms with van der Waals surface area (Å²) in [6, 6.07) is 0.941. The van der Waals surface area contributed by atoms with Gasteiger partial charge >= 0.3 is 0 Å². The summed E-state index contributed by atoms with van der Waals surface area (Å²) in [5.74, 6) is 0. The highest BCUT2D eigenvalue weighted by Crippen LogP contribution is 2.16. The lowest BCUT2D eigenvalue weighted by Crippen LogP contribution is -2.39. The first-order chi connectivity index (χ1) is 23.6. The van der Waals surface area contributed by atoms with E-state index < -0.39 is 0 Å². The molecule has 1 unspecified atom stereocenters. The van der Waals surface area contributed by atoms with Gasteiger partial charge in [-0.15, -0.1) is 0 Å². The first-order valence-electron chi connectivity index (χ1n) is 21.3. The Balaban J connectivity index is 4.08. The molecule has 0 aromatic heterocycles. The molecule has 0 saturated carbocycles. The standard InChI is InChI=1S/C45H87N3/c1-5-7-9-11-13-15-17-19-21-23-25-27-29-31-33-35-40-45(47-43-44(46)39-37-38-42-48(3)4)41-36-34-32-30-28-26-24-22-20-18-16-14-12-10-8-6-2/h13-16,19-22,44-45,47H,5-12,17-18,23-43,46H2,1-4H3. The number of rotatable bonds is 38. The van der Waals surface area contributed by atoms with Crippen LogP contribution in [0.4, 0.5) is 0 Å². The van der Waals surface area contributed by atoms with E-state index in [2.05, 4.69) is 86.8 Å². The van der Waals surface area contributed by atoms with E-state index in [0.29, 0.717) is 12.1 Å². The molecule has 0 aliphatic heterocycles. The van der Waals surface area contributed by atoms with Gasteiger partial charge in [-0.25, -0.2) is 0 Å². The third kappa shape index (κ3) is 39.3. The van der Waals surface area contributed by atoms with E-state index in [-0.39, 0.29) is 0 Å². The molecule has 0 aromatic carbocycles. The van der Waals surface area contributed by atoms with Crippen LogP contribution in [0.2, 0.25) is 0 Å². The highest BCUT2D eigenvalue weighted by atomic mass is 15.0. The minimum atomic E-state index is 0.293. The maximum atomic E-state index is 6.53. The zero-order valence-electron chi connectivity index (χ0n) is 33.2. The lowest BCUT2D eigenvalue weighted by atomic mass is 9.99. The van der Waals surface area contributed by atoms with Gasteiger partial charge in [0.1, 0.15) is 0 Å². The SMILES string of the molecule is CCCCCC=CCC=CCCCCCCCCC(CCCCCCCCC=CCC=CCCCCC)NCC(N)CCCCN(C)C. The van der Waals surface area contributed by atoms with E-state index in [0.717, 1.165) is 25.8 Å². The first-order valence-corrected chi connectivity index (χ1v) is 21.3. The quantitative estimate of drug-likeness (QED) is 0.0508. The van der Waals surface area contributed by atoms with Crippen molar-refractivity contribution in [3.05, 3.63) is 48.6 Å². The van der Waals surface area contributed by atoms with E-state index in [9.17, 15) is 0 Å². The van der Waals surface area contributed by atoms with Crippen LogP contribution in [0.3, 0.4) is 0 Å². The Morgan fingerprint density at radius 3 is 1.25 bits per heavy atom. The van der Waals surface area contributed by atoms with Crippen LogP contribution < -0.4 is 11.1 Å². The molecule has 0 spiro atoms. The molecule has 0 fully saturated rings. The number of unbranched alkanes of at least 4 members (excludes halogenated alkanes) is 19. The van der Waals surface area contributed by atoms with Gasteiger partial charge in [0.25, 0.3) is 0 Å². The van der Waals surface area contributed by atoms with Crippen molar-refractivity contribution in [1.82, 2.24) is 10.2 Å². The molecule has 3 N–H and O–H groups in total. The van der Waals surface area contributed by atoms with E-state index in [1.54, 1.807) is 0 Å². The Labute approximate surface area is 303 Å². The maximum absolute atomic E-state index is 6.53. The van der Waals surface area contributed by atoms with Gasteiger partial charge in [0.05, 0.1) is 0 Å². The van der Waals surface area contributed by atoms with Crippen LogP contribution >= 0.6 is 0 Å². The summed E-state index contributed by atoms with van der Waals surface area (Å²) in [5, 5.41) is 3.91. The van der Waals surface area contributed by atoms with Gasteiger partial charge in [0.2, 0.25) is 0 Å². The van der Waals surface area contributed by atoms with Crippen LogP contribution in [0.25, 0.3) is 0 Å². The zero-order valence-corrected chi connectivity index (χ0v) is 33.2. The fraction of sp³-hybridized carbons (Fsp3) is 0.822. The average molecular weight is 670 g/mol. The van der Waals surface area contributed by atoms with Gasteiger partial charge in [-0.1, -0.05) is 159 Å². The summed E-state index contributed by atoms with van der Waals surface area (Å²) in [6.45, 7) is 6.70. The highest BCUT2D eigenvalue weighted by molar-refractivity contribution is 4.93. The van der Waals surface area contributed by atoms with E-state index in [1.807, 2.05) is 0 Å². The van der Waals surface area contributed by atoms with Gasteiger partial charge in [-0.2, -0.15) is 0 Å². The summed E-state index contributed by atoms with van der Waals surface area (Å²) in [5.41, 5.74) is 6.53. The van der Waals surface area contributed by atoms with Crippen LogP contribution in [0.15, 0.2) is 48.6 Å². The second-order valence-corrected chi connectivity index (χ2v) is 14.9. The molecular weight excluding hydrogens is 583 g/mol. The van der Waals surface area contributed by atoms with Crippen molar-refractivity contribution in [3.8, 4) is 0 Å². The molecule has 0 heterocycles. The molecule has 0 aliphatic carbocycles. The Morgan fingerprint density at radius 1 is 0.458 bits per heavy atom. The van der Waals surface area contributed by atoms with Gasteiger partial charge in [-0.05, 0) is 111 Å². The average Bonchev–Trinajstić information content (AvgIpc) is 3.08. The van der Waals surface area contributed by atoms with E-state index in [4.69, 9.17) is 5.73 Å². The van der Waals surface area contributed by atoms with Gasteiger partial charge in [-0.3, -0.25) is 0 Å². The molecule has 282 valence electrons. The Hall–Kier alpha value is -1.16. The van der Waals surface area contributed by atoms with Crippen molar-refractivity contribution in [1.29, 1.82) is 0 Å². The summed E-state index contributed by atoms with van der Waals surface area (Å²) < 4.78 is 0. The molecule has 0 aromatic rings. The molecule has 48 heavy (non-hydrogen) atoms. The molecular formula is C45H87N3. The van der Waals surface area contributed by atoms with Crippen LogP contribution in [0.1, 0.15) is 200 Å². The Bertz CT molecular complexity index is 674. The van der Waals surface area contributed by atoms with Crippen molar-refractivity contribution in [2.45, 2.75) is 212 Å². The number of hydrogen-bond acceptors (Lipinski definition) is 3. The van der Waals surface area contributed by atoms with Crippen molar-refractivity contribution in [2.24, 2.45) is 5.73 Å². The Morgan fingerprint density at radius 2 is 0.833 bits per heavy atom. The van der Waals surface area contributed by atoms with Crippen molar-refractivity contribution < 1.29 is 0 Å². The van der Waals surface area contributed by atoms with Gasteiger partial charge in [0, 0.05) is 18.6 Å². The summed E-state index contributed by atoms with van der Waals surface area (Å²) in [4.78, 5) is 2.28. The second kappa shape index (κ2) is 40.3. The Kier molecular flexibility index (Phi) is 39.3. The lowest BCUT2D eigenvalue weighted by Gasteiger charge is -2.22. The van der Waals surface area contributed by atoms with Gasteiger partial charge < -0.3 is 16.0 Å². The fourth-order valence-corrected chi connectivity index (χ4v) is 6.36. The molecule has 0 bridgehead atoms. The molecule has 0 rings (SSSR count). The number of nitrogens with two attached hydrogens (primary N) is 1. The zero-order chi connectivity index (χ0) is 35.0. The minimum Gasteiger partial charge on any atom is -0.327 e. The normalized spacial score (nSPS) is 13.8. The molecule has 3 nitrogen and oxygen atoms in total. The first kappa shape index (κ1) is 46.8. The summed E-state index contributed by atoms with van der Waals surface area (Å²) >= 11 is 0. The second-order valence-electron chi connectivity index (χ2n) is 14.9. The predicted octanol–water partition coefficient (Wildman–Crippen LogP) is 13.4.